The van der Waals surface area contributed by atoms with Gasteiger partial charge in [-0.05, 0) is 97.4 Å². The first-order valence-corrected chi connectivity index (χ1v) is 12.0. The molecule has 7 heteroatoms. The standard InChI is InChI=1S/C25H23N3O2S2/c1-16-7-4-10-19(13-16)26-24(27-20-11-5-8-17(2)14-20)31-23-22(29)28(25(30)32-23)21-12-6-9-18(3)15-21/h4-15,23H,1-3H3,(H,26,27)/p+1. The predicted molar refractivity (Wildman–Crippen MR) is 135 cm³/mol. The Bertz CT molecular complexity index is 1210. The van der Waals surface area contributed by atoms with Crippen molar-refractivity contribution < 1.29 is 14.6 Å². The molecule has 162 valence electrons. The van der Waals surface area contributed by atoms with Crippen molar-refractivity contribution >= 4 is 56.9 Å². The molecule has 32 heavy (non-hydrogen) atoms. The number of carbonyl (C=O) groups is 2. The minimum Gasteiger partial charge on any atom is -0.272 e. The number of nitrogens with zero attached hydrogens (tertiary/aromatic N) is 1. The summed E-state index contributed by atoms with van der Waals surface area (Å²) in [5.41, 5.74) is 5.67. The minimum absolute atomic E-state index is 0.231. The van der Waals surface area contributed by atoms with Crippen LogP contribution in [0.25, 0.3) is 0 Å². The number of nitrogens with one attached hydrogen (secondary N) is 2. The minimum atomic E-state index is -0.590. The van der Waals surface area contributed by atoms with E-state index in [1.54, 1.807) is 6.07 Å². The first-order valence-electron chi connectivity index (χ1n) is 10.2. The van der Waals surface area contributed by atoms with Crippen molar-refractivity contribution in [3.63, 3.8) is 0 Å². The Kier molecular flexibility index (Phi) is 6.67. The summed E-state index contributed by atoms with van der Waals surface area (Å²) in [5.74, 6) is -0.231. The van der Waals surface area contributed by atoms with Gasteiger partial charge in [-0.2, -0.15) is 0 Å². The zero-order valence-electron chi connectivity index (χ0n) is 18.1. The predicted octanol–water partition coefficient (Wildman–Crippen LogP) is 4.75. The molecule has 2 amide bonds. The Morgan fingerprint density at radius 1 is 0.906 bits per heavy atom. The van der Waals surface area contributed by atoms with Gasteiger partial charge < -0.3 is 0 Å². The molecule has 3 aromatic carbocycles. The molecule has 0 bridgehead atoms. The van der Waals surface area contributed by atoms with E-state index >= 15 is 0 Å². The van der Waals surface area contributed by atoms with Gasteiger partial charge in [-0.1, -0.05) is 36.4 Å². The SMILES string of the molecule is Cc1cccc(NC(=[NH+]c2cccc(C)c2)SC2SC(=O)N(c3cccc(C)c3)C2=O)c1. The van der Waals surface area contributed by atoms with Crippen molar-refractivity contribution in [3.05, 3.63) is 89.5 Å². The second-order valence-electron chi connectivity index (χ2n) is 7.66. The molecule has 1 unspecified atom stereocenters. The molecule has 0 aromatic heterocycles. The quantitative estimate of drug-likeness (QED) is 0.433. The van der Waals surface area contributed by atoms with Gasteiger partial charge in [-0.3, -0.25) is 9.59 Å². The third-order valence-electron chi connectivity index (χ3n) is 4.85. The molecule has 1 heterocycles. The number of benzene rings is 3. The molecule has 3 aromatic rings. The average Bonchev–Trinajstić information content (AvgIpc) is 3.01. The maximum Gasteiger partial charge on any atom is 0.315 e. The number of amides is 2. The maximum atomic E-state index is 13.2. The van der Waals surface area contributed by atoms with Crippen LogP contribution < -0.4 is 15.2 Å². The van der Waals surface area contributed by atoms with Gasteiger partial charge in [-0.25, -0.2) is 15.2 Å². The largest absolute Gasteiger partial charge is 0.315 e. The third-order valence-corrected chi connectivity index (χ3v) is 7.08. The summed E-state index contributed by atoms with van der Waals surface area (Å²) < 4.78 is -0.590. The topological polar surface area (TPSA) is 63.4 Å². The van der Waals surface area contributed by atoms with Gasteiger partial charge in [0.15, 0.2) is 4.58 Å². The van der Waals surface area contributed by atoms with Crippen LogP contribution in [0.4, 0.5) is 21.9 Å². The van der Waals surface area contributed by atoms with E-state index < -0.39 is 4.58 Å². The summed E-state index contributed by atoms with van der Waals surface area (Å²) in [6, 6.07) is 23.5. The lowest BCUT2D eigenvalue weighted by molar-refractivity contribution is -0.350. The number of thioether (sulfide) groups is 2. The van der Waals surface area contributed by atoms with Crippen LogP contribution in [0.15, 0.2) is 72.8 Å². The molecular weight excluding hydrogens is 438 g/mol. The van der Waals surface area contributed by atoms with Crippen LogP contribution in [0.1, 0.15) is 16.7 Å². The average molecular weight is 463 g/mol. The van der Waals surface area contributed by atoms with Gasteiger partial charge in [0.05, 0.1) is 5.69 Å². The Labute approximate surface area is 196 Å². The second kappa shape index (κ2) is 9.63. The van der Waals surface area contributed by atoms with E-state index in [2.05, 4.69) is 10.3 Å². The number of hydrogen-bond acceptors (Lipinski definition) is 4. The van der Waals surface area contributed by atoms with Gasteiger partial charge in [0.2, 0.25) is 0 Å². The molecule has 0 radical (unpaired) electrons. The normalized spacial score (nSPS) is 16.5. The van der Waals surface area contributed by atoms with E-state index in [1.165, 1.54) is 16.7 Å². The maximum absolute atomic E-state index is 13.2. The van der Waals surface area contributed by atoms with Crippen molar-refractivity contribution in [2.75, 3.05) is 10.2 Å². The Hall–Kier alpha value is -3.03. The van der Waals surface area contributed by atoms with Crippen molar-refractivity contribution in [1.82, 2.24) is 0 Å². The fraction of sp³-hybridized carbons (Fsp3) is 0.160. The van der Waals surface area contributed by atoms with Crippen molar-refractivity contribution in [1.29, 1.82) is 0 Å². The lowest BCUT2D eigenvalue weighted by Gasteiger charge is -2.14. The van der Waals surface area contributed by atoms with E-state index in [0.29, 0.717) is 10.9 Å². The highest BCUT2D eigenvalue weighted by molar-refractivity contribution is 8.31. The molecule has 2 N–H and O–H groups in total. The first-order chi connectivity index (χ1) is 15.4. The molecule has 0 spiro atoms. The zero-order chi connectivity index (χ0) is 22.7. The highest BCUT2D eigenvalue weighted by Gasteiger charge is 2.43. The number of amidine groups is 1. The lowest BCUT2D eigenvalue weighted by atomic mass is 10.2. The molecule has 1 aliphatic heterocycles. The fourth-order valence-electron chi connectivity index (χ4n) is 3.37. The van der Waals surface area contributed by atoms with E-state index in [1.807, 2.05) is 87.5 Å². The van der Waals surface area contributed by atoms with Crippen molar-refractivity contribution in [3.8, 4) is 0 Å². The smallest absolute Gasteiger partial charge is 0.272 e. The highest BCUT2D eigenvalue weighted by atomic mass is 32.2. The Balaban J connectivity index is 1.62. The zero-order valence-corrected chi connectivity index (χ0v) is 19.7. The number of hydrogen-bond donors (Lipinski definition) is 2. The first kappa shape index (κ1) is 22.2. The van der Waals surface area contributed by atoms with Crippen LogP contribution in [-0.4, -0.2) is 20.9 Å². The van der Waals surface area contributed by atoms with E-state index in [4.69, 9.17) is 0 Å². The van der Waals surface area contributed by atoms with Crippen LogP contribution in [0.2, 0.25) is 0 Å². The number of imide groups is 1. The van der Waals surface area contributed by atoms with Gasteiger partial charge in [0.1, 0.15) is 11.4 Å². The number of carbonyl (C=O) groups excluding carboxylic acids is 2. The van der Waals surface area contributed by atoms with Crippen LogP contribution in [0.3, 0.4) is 0 Å². The molecule has 0 saturated carbocycles. The molecule has 1 saturated heterocycles. The van der Waals surface area contributed by atoms with Crippen molar-refractivity contribution in [2.24, 2.45) is 0 Å². The summed E-state index contributed by atoms with van der Waals surface area (Å²) in [5, 5.41) is 3.81. The molecule has 0 aliphatic carbocycles. The van der Waals surface area contributed by atoms with Crippen LogP contribution >= 0.6 is 23.5 Å². The molecule has 1 fully saturated rings. The van der Waals surface area contributed by atoms with Gasteiger partial charge in [0, 0.05) is 0 Å². The molecule has 1 aliphatic rings. The van der Waals surface area contributed by atoms with E-state index in [-0.39, 0.29) is 11.1 Å². The fourth-order valence-corrected chi connectivity index (χ4v) is 5.56. The van der Waals surface area contributed by atoms with E-state index in [0.717, 1.165) is 39.8 Å². The third kappa shape index (κ3) is 5.23. The van der Waals surface area contributed by atoms with Gasteiger partial charge >= 0.3 is 5.17 Å². The van der Waals surface area contributed by atoms with Gasteiger partial charge in [-0.15, -0.1) is 0 Å². The molecule has 4 rings (SSSR count). The van der Waals surface area contributed by atoms with Gasteiger partial charge in [0.25, 0.3) is 11.1 Å². The second-order valence-corrected chi connectivity index (χ2v) is 10.1. The van der Waals surface area contributed by atoms with E-state index in [9.17, 15) is 9.59 Å². The monoisotopic (exact) mass is 462 g/mol. The van der Waals surface area contributed by atoms with Crippen LogP contribution in [-0.2, 0) is 4.79 Å². The summed E-state index contributed by atoms with van der Waals surface area (Å²) in [6.45, 7) is 6.00. The molecular formula is C25H24N3O2S2+. The van der Waals surface area contributed by atoms with Crippen LogP contribution in [0, 0.1) is 20.8 Å². The lowest BCUT2D eigenvalue weighted by Crippen LogP contribution is -2.67. The number of rotatable bonds is 4. The number of anilines is 2. The van der Waals surface area contributed by atoms with Crippen LogP contribution in [0.5, 0.6) is 0 Å². The number of aryl methyl sites for hydroxylation is 3. The summed E-state index contributed by atoms with van der Waals surface area (Å²) in [6.07, 6.45) is 0. The van der Waals surface area contributed by atoms with Crippen molar-refractivity contribution in [2.45, 2.75) is 25.4 Å². The highest BCUT2D eigenvalue weighted by Crippen LogP contribution is 2.38. The molecule has 5 nitrogen and oxygen atoms in total. The Morgan fingerprint density at radius 2 is 1.56 bits per heavy atom. The summed E-state index contributed by atoms with van der Waals surface area (Å²) in [7, 11) is 0. The summed E-state index contributed by atoms with van der Waals surface area (Å²) in [4.78, 5) is 30.5. The summed E-state index contributed by atoms with van der Waals surface area (Å²) >= 11 is 2.35. The Morgan fingerprint density at radius 3 is 2.25 bits per heavy atom. The molecule has 1 atom stereocenters.